The van der Waals surface area contributed by atoms with Crippen molar-refractivity contribution in [2.24, 2.45) is 0 Å². The highest BCUT2D eigenvalue weighted by Gasteiger charge is 2.12. The van der Waals surface area contributed by atoms with Crippen molar-refractivity contribution in [3.8, 4) is 0 Å². The SMILES string of the molecule is CCNC(=O)c1cccc2c(C)c(C)[nH]c12. The second-order valence-corrected chi connectivity index (χ2v) is 3.96. The second kappa shape index (κ2) is 4.00. The van der Waals surface area contributed by atoms with E-state index in [0.29, 0.717) is 6.54 Å². The number of aromatic nitrogens is 1. The summed E-state index contributed by atoms with van der Waals surface area (Å²) < 4.78 is 0. The Morgan fingerprint density at radius 1 is 1.38 bits per heavy atom. The number of para-hydroxylation sites is 1. The lowest BCUT2D eigenvalue weighted by atomic mass is 10.1. The number of amides is 1. The maximum absolute atomic E-state index is 11.8. The number of hydrogen-bond donors (Lipinski definition) is 2. The fourth-order valence-electron chi connectivity index (χ4n) is 1.93. The summed E-state index contributed by atoms with van der Waals surface area (Å²) in [6.07, 6.45) is 0. The van der Waals surface area contributed by atoms with Crippen LogP contribution in [0, 0.1) is 13.8 Å². The molecule has 2 aromatic rings. The third-order valence-electron chi connectivity index (χ3n) is 2.93. The number of rotatable bonds is 2. The van der Waals surface area contributed by atoms with Crippen LogP contribution < -0.4 is 5.32 Å². The predicted octanol–water partition coefficient (Wildman–Crippen LogP) is 2.53. The zero-order valence-electron chi connectivity index (χ0n) is 9.85. The molecule has 2 rings (SSSR count). The van der Waals surface area contributed by atoms with E-state index < -0.39 is 0 Å². The molecule has 1 aromatic carbocycles. The average Bonchev–Trinajstić information content (AvgIpc) is 2.55. The van der Waals surface area contributed by atoms with Gasteiger partial charge in [-0.1, -0.05) is 12.1 Å². The molecular formula is C13H16N2O. The molecule has 84 valence electrons. The summed E-state index contributed by atoms with van der Waals surface area (Å²) in [5, 5.41) is 3.95. The van der Waals surface area contributed by atoms with E-state index in [1.807, 2.05) is 32.0 Å². The molecule has 1 amide bonds. The van der Waals surface area contributed by atoms with Crippen molar-refractivity contribution in [1.82, 2.24) is 10.3 Å². The summed E-state index contributed by atoms with van der Waals surface area (Å²) in [5.41, 5.74) is 3.98. The second-order valence-electron chi connectivity index (χ2n) is 3.96. The molecule has 0 saturated carbocycles. The lowest BCUT2D eigenvalue weighted by Gasteiger charge is -2.03. The largest absolute Gasteiger partial charge is 0.358 e. The molecule has 0 spiro atoms. The Morgan fingerprint density at radius 2 is 2.12 bits per heavy atom. The van der Waals surface area contributed by atoms with Crippen molar-refractivity contribution in [1.29, 1.82) is 0 Å². The molecule has 0 aliphatic rings. The number of carbonyl (C=O) groups is 1. The molecule has 16 heavy (non-hydrogen) atoms. The van der Waals surface area contributed by atoms with E-state index >= 15 is 0 Å². The zero-order valence-corrected chi connectivity index (χ0v) is 9.85. The Hall–Kier alpha value is -1.77. The number of fused-ring (bicyclic) bond motifs is 1. The standard InChI is InChI=1S/C13H16N2O/c1-4-14-13(16)11-7-5-6-10-8(2)9(3)15-12(10)11/h5-7,15H,4H2,1-3H3,(H,14,16). The van der Waals surface area contributed by atoms with E-state index in [1.54, 1.807) is 0 Å². The molecule has 1 aromatic heterocycles. The maximum Gasteiger partial charge on any atom is 0.253 e. The number of aromatic amines is 1. The molecule has 0 fully saturated rings. The van der Waals surface area contributed by atoms with Crippen LogP contribution in [0.5, 0.6) is 0 Å². The molecule has 3 heteroatoms. The number of aryl methyl sites for hydroxylation is 2. The van der Waals surface area contributed by atoms with E-state index in [2.05, 4.69) is 17.2 Å². The van der Waals surface area contributed by atoms with Crippen LogP contribution >= 0.6 is 0 Å². The van der Waals surface area contributed by atoms with Gasteiger partial charge in [-0.2, -0.15) is 0 Å². The Labute approximate surface area is 94.9 Å². The fourth-order valence-corrected chi connectivity index (χ4v) is 1.93. The van der Waals surface area contributed by atoms with Gasteiger partial charge in [0.25, 0.3) is 5.91 Å². The van der Waals surface area contributed by atoms with Gasteiger partial charge in [-0.05, 0) is 32.4 Å². The van der Waals surface area contributed by atoms with Gasteiger partial charge >= 0.3 is 0 Å². The molecule has 0 radical (unpaired) electrons. The molecular weight excluding hydrogens is 200 g/mol. The van der Waals surface area contributed by atoms with Crippen LogP contribution in [0.1, 0.15) is 28.5 Å². The first-order valence-electron chi connectivity index (χ1n) is 5.51. The van der Waals surface area contributed by atoms with Gasteiger partial charge in [-0.15, -0.1) is 0 Å². The van der Waals surface area contributed by atoms with Crippen LogP contribution in [0.4, 0.5) is 0 Å². The van der Waals surface area contributed by atoms with Crippen molar-refractivity contribution < 1.29 is 4.79 Å². The van der Waals surface area contributed by atoms with Gasteiger partial charge in [0, 0.05) is 17.6 Å². The zero-order chi connectivity index (χ0) is 11.7. The molecule has 0 aliphatic carbocycles. The summed E-state index contributed by atoms with van der Waals surface area (Å²) in [6, 6.07) is 5.81. The van der Waals surface area contributed by atoms with E-state index in [9.17, 15) is 4.79 Å². The van der Waals surface area contributed by atoms with Gasteiger partial charge < -0.3 is 10.3 Å². The van der Waals surface area contributed by atoms with E-state index in [1.165, 1.54) is 5.56 Å². The Bertz CT molecular complexity index is 540. The van der Waals surface area contributed by atoms with Crippen LogP contribution in [0.3, 0.4) is 0 Å². The van der Waals surface area contributed by atoms with Gasteiger partial charge in [0.15, 0.2) is 0 Å². The molecule has 1 heterocycles. The molecule has 0 bridgehead atoms. The quantitative estimate of drug-likeness (QED) is 0.796. The van der Waals surface area contributed by atoms with Gasteiger partial charge in [-0.3, -0.25) is 4.79 Å². The highest BCUT2D eigenvalue weighted by atomic mass is 16.1. The first-order valence-corrected chi connectivity index (χ1v) is 5.51. The smallest absolute Gasteiger partial charge is 0.253 e. The molecule has 0 unspecified atom stereocenters. The Kier molecular flexibility index (Phi) is 2.69. The molecule has 0 aliphatic heterocycles. The third-order valence-corrected chi connectivity index (χ3v) is 2.93. The first-order chi connectivity index (χ1) is 7.65. The number of H-pyrrole nitrogens is 1. The van der Waals surface area contributed by atoms with E-state index in [4.69, 9.17) is 0 Å². The van der Waals surface area contributed by atoms with Crippen molar-refractivity contribution >= 4 is 16.8 Å². The highest BCUT2D eigenvalue weighted by Crippen LogP contribution is 2.23. The lowest BCUT2D eigenvalue weighted by molar-refractivity contribution is 0.0957. The summed E-state index contributed by atoms with van der Waals surface area (Å²) in [6.45, 7) is 6.66. The fraction of sp³-hybridized carbons (Fsp3) is 0.308. The van der Waals surface area contributed by atoms with E-state index in [0.717, 1.165) is 22.2 Å². The van der Waals surface area contributed by atoms with Gasteiger partial charge in [0.05, 0.1) is 11.1 Å². The van der Waals surface area contributed by atoms with Crippen molar-refractivity contribution in [2.75, 3.05) is 6.54 Å². The summed E-state index contributed by atoms with van der Waals surface area (Å²) in [4.78, 5) is 15.1. The normalized spacial score (nSPS) is 10.7. The minimum Gasteiger partial charge on any atom is -0.358 e. The first kappa shape index (κ1) is 10.7. The van der Waals surface area contributed by atoms with Crippen LogP contribution in [0.2, 0.25) is 0 Å². The Balaban J connectivity index is 2.62. The minimum atomic E-state index is -0.0191. The minimum absolute atomic E-state index is 0.0191. The van der Waals surface area contributed by atoms with Gasteiger partial charge in [-0.25, -0.2) is 0 Å². The molecule has 0 saturated heterocycles. The number of nitrogens with one attached hydrogen (secondary N) is 2. The van der Waals surface area contributed by atoms with E-state index in [-0.39, 0.29) is 5.91 Å². The van der Waals surface area contributed by atoms with Crippen molar-refractivity contribution in [2.45, 2.75) is 20.8 Å². The van der Waals surface area contributed by atoms with Crippen molar-refractivity contribution in [3.05, 3.63) is 35.0 Å². The van der Waals surface area contributed by atoms with Crippen LogP contribution in [0.25, 0.3) is 10.9 Å². The molecule has 3 nitrogen and oxygen atoms in total. The van der Waals surface area contributed by atoms with Gasteiger partial charge in [0.1, 0.15) is 0 Å². The monoisotopic (exact) mass is 216 g/mol. The summed E-state index contributed by atoms with van der Waals surface area (Å²) in [7, 11) is 0. The predicted molar refractivity (Wildman–Crippen MR) is 65.8 cm³/mol. The molecule has 0 atom stereocenters. The topological polar surface area (TPSA) is 44.9 Å². The van der Waals surface area contributed by atoms with Crippen LogP contribution in [-0.2, 0) is 0 Å². The number of carbonyl (C=O) groups excluding carboxylic acids is 1. The average molecular weight is 216 g/mol. The summed E-state index contributed by atoms with van der Waals surface area (Å²) in [5.74, 6) is -0.0191. The maximum atomic E-state index is 11.8. The number of hydrogen-bond acceptors (Lipinski definition) is 1. The lowest BCUT2D eigenvalue weighted by Crippen LogP contribution is -2.22. The van der Waals surface area contributed by atoms with Crippen molar-refractivity contribution in [3.63, 3.8) is 0 Å². The Morgan fingerprint density at radius 3 is 2.81 bits per heavy atom. The summed E-state index contributed by atoms with van der Waals surface area (Å²) >= 11 is 0. The highest BCUT2D eigenvalue weighted by molar-refractivity contribution is 6.06. The molecule has 2 N–H and O–H groups in total. The van der Waals surface area contributed by atoms with Crippen LogP contribution in [0.15, 0.2) is 18.2 Å². The third kappa shape index (κ3) is 1.58. The number of benzene rings is 1. The van der Waals surface area contributed by atoms with Gasteiger partial charge in [0.2, 0.25) is 0 Å². The van der Waals surface area contributed by atoms with Crippen LogP contribution in [-0.4, -0.2) is 17.4 Å².